The molecule has 0 fully saturated rings. The molecular formula is C126H95BN4O. The molecule has 0 saturated carbocycles. The fraction of sp³-hybridized carbons (Fsp3) is 0.0952. The molecule has 0 aliphatic carbocycles. The van der Waals surface area contributed by atoms with Gasteiger partial charge in [0.1, 0.15) is 11.2 Å². The van der Waals surface area contributed by atoms with Crippen LogP contribution >= 0.6 is 0 Å². The van der Waals surface area contributed by atoms with Crippen molar-refractivity contribution in [1.29, 1.82) is 0 Å². The van der Waals surface area contributed by atoms with E-state index in [4.69, 9.17) is 4.42 Å². The summed E-state index contributed by atoms with van der Waals surface area (Å²) in [5.41, 5.74) is 43.8. The molecule has 0 saturated heterocycles. The number of hydrogen-bond acceptors (Lipinski definition) is 3. The second kappa shape index (κ2) is 29.9. The largest absolute Gasteiger partial charge is 0.456 e. The Bertz CT molecular complexity index is 8000. The molecule has 0 spiro atoms. The number of para-hydroxylation sites is 2. The average Bonchev–Trinajstić information content (AvgIpc) is 1.32. The summed E-state index contributed by atoms with van der Waals surface area (Å²) in [5, 5.41) is 6.92. The van der Waals surface area contributed by atoms with Crippen molar-refractivity contribution in [3.05, 3.63) is 429 Å². The van der Waals surface area contributed by atoms with Gasteiger partial charge in [0.05, 0.1) is 33.4 Å². The minimum atomic E-state index is -0.434. The smallest absolute Gasteiger partial charge is 0.252 e. The molecule has 3 aliphatic rings. The van der Waals surface area contributed by atoms with Gasteiger partial charge in [-0.25, -0.2) is 0 Å². The summed E-state index contributed by atoms with van der Waals surface area (Å²) in [6, 6.07) is 158. The molecule has 0 radical (unpaired) electrons. The van der Waals surface area contributed by atoms with Crippen LogP contribution in [-0.2, 0) is 16.2 Å². The van der Waals surface area contributed by atoms with Crippen molar-refractivity contribution in [2.24, 2.45) is 0 Å². The number of fused-ring (bicyclic) bond motifs is 26. The molecule has 6 heterocycles. The van der Waals surface area contributed by atoms with E-state index in [1.165, 1.54) is 76.9 Å². The first-order chi connectivity index (χ1) is 64.3. The van der Waals surface area contributed by atoms with Gasteiger partial charge in [-0.05, 0) is 260 Å². The summed E-state index contributed by atoms with van der Waals surface area (Å²) >= 11 is 0. The molecule has 3 aliphatic heterocycles. The van der Waals surface area contributed by atoms with E-state index in [9.17, 15) is 0 Å². The van der Waals surface area contributed by atoms with Crippen molar-refractivity contribution in [2.75, 3.05) is 9.80 Å². The highest BCUT2D eigenvalue weighted by molar-refractivity contribution is 7.00. The third kappa shape index (κ3) is 12.8. The zero-order valence-electron chi connectivity index (χ0n) is 75.5. The van der Waals surface area contributed by atoms with E-state index in [0.29, 0.717) is 0 Å². The Labute approximate surface area is 771 Å². The van der Waals surface area contributed by atoms with Crippen LogP contribution in [0.2, 0.25) is 0 Å². The molecule has 19 aromatic carbocycles. The number of anilines is 6. The molecule has 0 atom stereocenters. The summed E-state index contributed by atoms with van der Waals surface area (Å²) < 4.78 is 12.0. The van der Waals surface area contributed by atoms with Gasteiger partial charge in [0.15, 0.2) is 0 Å². The second-order valence-electron chi connectivity index (χ2n) is 39.6. The van der Waals surface area contributed by atoms with Crippen LogP contribution in [0.25, 0.3) is 188 Å². The van der Waals surface area contributed by atoms with E-state index >= 15 is 0 Å². The standard InChI is InChI=1S/C126H95BN4O/c1-124(2,3)94-70-103(84-48-44-82(45-49-84)78-28-14-10-15-29-78)122-105(72-94)92-38-26-36-86(64-92)88-54-62-119-107(66-88)108-67-89(55-63-120(108)132-119)87-37-27-39-93(65-87)106-73-95(125(4,5)6)71-104(85-50-46-83(47-51-85)79-30-16-11-17-31-79)123(106)131-116-77-98(129-112-43-25-23-41-100(112)102-59-53-91(69-114(102)129)81-34-20-13-21-35-81)57-61-110(116)127-109-60-56-97(76-115(109)130(122)117-74-96(126(7,8)9)75-118(131)121(117)127)128-111-42-24-22-40-99(111)101-58-52-90(68-113(101)128)80-32-18-12-19-33-80/h10-77H,1-9H3. The number of rotatable bonds is 8. The molecule has 132 heavy (non-hydrogen) atoms. The molecule has 6 heteroatoms. The van der Waals surface area contributed by atoms with Gasteiger partial charge in [-0.15, -0.1) is 0 Å². The minimum absolute atomic E-state index is 0.316. The van der Waals surface area contributed by atoms with Gasteiger partial charge in [0.2, 0.25) is 0 Å². The predicted octanol–water partition coefficient (Wildman–Crippen LogP) is 32.7. The van der Waals surface area contributed by atoms with Crippen molar-refractivity contribution in [1.82, 2.24) is 9.13 Å². The normalized spacial score (nSPS) is 12.8. The fourth-order valence-electron chi connectivity index (χ4n) is 21.6. The molecule has 13 bridgehead atoms. The Morgan fingerprint density at radius 1 is 0.205 bits per heavy atom. The second-order valence-corrected chi connectivity index (χ2v) is 39.6. The third-order valence-corrected chi connectivity index (χ3v) is 28.5. The van der Waals surface area contributed by atoms with E-state index in [1.807, 2.05) is 0 Å². The molecule has 628 valence electrons. The van der Waals surface area contributed by atoms with Gasteiger partial charge in [0, 0.05) is 88.7 Å². The Morgan fingerprint density at radius 3 is 0.894 bits per heavy atom. The predicted molar refractivity (Wildman–Crippen MR) is 560 cm³/mol. The van der Waals surface area contributed by atoms with Crippen LogP contribution < -0.4 is 26.2 Å². The van der Waals surface area contributed by atoms with Gasteiger partial charge in [-0.3, -0.25) is 0 Å². The van der Waals surface area contributed by atoms with E-state index in [1.54, 1.807) is 0 Å². The summed E-state index contributed by atoms with van der Waals surface area (Å²) in [5.74, 6) is 0. The van der Waals surface area contributed by atoms with Crippen LogP contribution in [-0.4, -0.2) is 15.8 Å². The summed E-state index contributed by atoms with van der Waals surface area (Å²) in [4.78, 5) is 5.56. The molecule has 22 aromatic rings. The lowest BCUT2D eigenvalue weighted by molar-refractivity contribution is 0.590. The topological polar surface area (TPSA) is 29.5 Å². The number of nitrogens with zero attached hydrogens (tertiary/aromatic N) is 4. The van der Waals surface area contributed by atoms with E-state index < -0.39 is 5.41 Å². The quantitative estimate of drug-likeness (QED) is 0.142. The molecule has 0 amide bonds. The monoisotopic (exact) mass is 1690 g/mol. The van der Waals surface area contributed by atoms with Crippen LogP contribution in [0.4, 0.5) is 34.1 Å². The first kappa shape index (κ1) is 78.5. The van der Waals surface area contributed by atoms with Gasteiger partial charge in [-0.2, -0.15) is 0 Å². The zero-order chi connectivity index (χ0) is 88.7. The lowest BCUT2D eigenvalue weighted by Gasteiger charge is -2.47. The Morgan fingerprint density at radius 2 is 0.500 bits per heavy atom. The SMILES string of the molecule is CC(C)(C)c1cc(-c2ccc(-c3ccccc3)cc2)c2c(c1)-c1cccc(c1)-c1ccc3oc4ccc(cc4c3c1)-c1cccc(c1)-c1cc(C(C)(C)C)cc(-c3ccc(-c4ccccc4)cc3)c1N1c3cc(-n4c5ccccc5c5ccc(-c6ccccc6)cc54)ccc3B3c4ccc(-n5c6ccccc6c6ccc(-c7ccccc7)cc65)cc4N2c2cc(C(C)(C)C)cc1c23. The first-order valence-corrected chi connectivity index (χ1v) is 46.4. The van der Waals surface area contributed by atoms with Crippen molar-refractivity contribution in [3.63, 3.8) is 0 Å². The maximum atomic E-state index is 6.92. The molecule has 25 rings (SSSR count). The van der Waals surface area contributed by atoms with Crippen molar-refractivity contribution in [3.8, 4) is 123 Å². The van der Waals surface area contributed by atoms with E-state index in [-0.39, 0.29) is 17.5 Å². The van der Waals surface area contributed by atoms with E-state index in [0.717, 1.165) is 179 Å². The fourth-order valence-corrected chi connectivity index (χ4v) is 21.6. The van der Waals surface area contributed by atoms with Crippen LogP contribution in [0.5, 0.6) is 0 Å². The summed E-state index contributed by atoms with van der Waals surface area (Å²) in [7, 11) is 0. The number of benzene rings is 19. The lowest BCUT2D eigenvalue weighted by atomic mass is 9.33. The lowest BCUT2D eigenvalue weighted by Crippen LogP contribution is -2.61. The van der Waals surface area contributed by atoms with Gasteiger partial charge >= 0.3 is 0 Å². The Balaban J connectivity index is 0.875. The van der Waals surface area contributed by atoms with Gasteiger partial charge < -0.3 is 23.4 Å². The molecule has 0 N–H and O–H groups in total. The highest BCUT2D eigenvalue weighted by Gasteiger charge is 2.47. The molecular weight excluding hydrogens is 1600 g/mol. The van der Waals surface area contributed by atoms with Crippen LogP contribution in [0.1, 0.15) is 79.0 Å². The van der Waals surface area contributed by atoms with Crippen molar-refractivity contribution in [2.45, 2.75) is 78.6 Å². The summed E-state index contributed by atoms with van der Waals surface area (Å²) in [6.07, 6.45) is 0. The van der Waals surface area contributed by atoms with Crippen LogP contribution in [0.3, 0.4) is 0 Å². The highest BCUT2D eigenvalue weighted by atomic mass is 16.3. The third-order valence-electron chi connectivity index (χ3n) is 28.5. The zero-order valence-corrected chi connectivity index (χ0v) is 75.5. The highest BCUT2D eigenvalue weighted by Crippen LogP contribution is 2.57. The number of furan rings is 1. The van der Waals surface area contributed by atoms with Crippen LogP contribution in [0, 0.1) is 0 Å². The molecule has 3 aromatic heterocycles. The average molecular weight is 1690 g/mol. The molecule has 5 nitrogen and oxygen atoms in total. The maximum absolute atomic E-state index is 6.92. The van der Waals surface area contributed by atoms with Crippen molar-refractivity contribution < 1.29 is 4.42 Å². The van der Waals surface area contributed by atoms with Gasteiger partial charge in [0.25, 0.3) is 6.71 Å². The summed E-state index contributed by atoms with van der Waals surface area (Å²) in [6.45, 7) is 21.2. The Kier molecular flexibility index (Phi) is 17.8. The number of aromatic nitrogens is 2. The minimum Gasteiger partial charge on any atom is -0.456 e. The number of hydrogen-bond donors (Lipinski definition) is 0. The van der Waals surface area contributed by atoms with Crippen molar-refractivity contribution >= 4 is 123 Å². The molecule has 0 unspecified atom stereocenters. The van der Waals surface area contributed by atoms with Crippen LogP contribution in [0.15, 0.2) is 417 Å². The Hall–Kier alpha value is -15.8. The first-order valence-electron chi connectivity index (χ1n) is 46.4. The van der Waals surface area contributed by atoms with Gasteiger partial charge in [-0.1, -0.05) is 353 Å². The maximum Gasteiger partial charge on any atom is 0.252 e. The van der Waals surface area contributed by atoms with E-state index in [2.05, 4.69) is 494 Å².